The fourth-order valence-electron chi connectivity index (χ4n) is 1.17. The van der Waals surface area contributed by atoms with Crippen molar-refractivity contribution in [3.63, 3.8) is 0 Å². The summed E-state index contributed by atoms with van der Waals surface area (Å²) >= 11 is 0. The van der Waals surface area contributed by atoms with Crippen LogP contribution in [0, 0.1) is 0 Å². The predicted molar refractivity (Wildman–Crippen MR) is 57.0 cm³/mol. The molecular formula is C10H10N2O6. The molecule has 0 aliphatic carbocycles. The number of hydrogen-bond acceptors (Lipinski definition) is 5. The Morgan fingerprint density at radius 2 is 1.94 bits per heavy atom. The number of carbonyl (C=O) groups is 3. The Balaban J connectivity index is 2.78. The minimum Gasteiger partial charge on any atom is -0.506 e. The van der Waals surface area contributed by atoms with Crippen LogP contribution in [-0.4, -0.2) is 44.2 Å². The Kier molecular flexibility index (Phi) is 4.19. The monoisotopic (exact) mass is 254 g/mol. The van der Waals surface area contributed by atoms with E-state index in [0.29, 0.717) is 0 Å². The summed E-state index contributed by atoms with van der Waals surface area (Å²) in [5.74, 6) is -3.89. The van der Waals surface area contributed by atoms with Crippen molar-refractivity contribution in [1.82, 2.24) is 10.3 Å². The summed E-state index contributed by atoms with van der Waals surface area (Å²) in [6.45, 7) is 0. The van der Waals surface area contributed by atoms with Gasteiger partial charge in [-0.3, -0.25) is 14.6 Å². The molecule has 0 bridgehead atoms. The van der Waals surface area contributed by atoms with Crippen LogP contribution >= 0.6 is 0 Å². The largest absolute Gasteiger partial charge is 0.506 e. The van der Waals surface area contributed by atoms with Gasteiger partial charge < -0.3 is 20.6 Å². The molecule has 1 heterocycles. The lowest BCUT2D eigenvalue weighted by Crippen LogP contribution is -2.42. The van der Waals surface area contributed by atoms with Crippen molar-refractivity contribution in [2.24, 2.45) is 0 Å². The van der Waals surface area contributed by atoms with Gasteiger partial charge in [-0.15, -0.1) is 0 Å². The molecule has 0 fully saturated rings. The van der Waals surface area contributed by atoms with Gasteiger partial charge in [0.2, 0.25) is 0 Å². The minimum atomic E-state index is -1.54. The highest BCUT2D eigenvalue weighted by molar-refractivity contribution is 5.97. The molecule has 0 aliphatic heterocycles. The number of amides is 1. The number of hydrogen-bond donors (Lipinski definition) is 4. The van der Waals surface area contributed by atoms with Gasteiger partial charge in [0.15, 0.2) is 0 Å². The van der Waals surface area contributed by atoms with Gasteiger partial charge in [0, 0.05) is 6.20 Å². The summed E-state index contributed by atoms with van der Waals surface area (Å²) in [7, 11) is 0. The average Bonchev–Trinajstić information content (AvgIpc) is 2.27. The van der Waals surface area contributed by atoms with E-state index in [-0.39, 0.29) is 11.3 Å². The number of aromatic hydroxyl groups is 1. The lowest BCUT2D eigenvalue weighted by Gasteiger charge is -2.12. The van der Waals surface area contributed by atoms with E-state index in [9.17, 15) is 14.4 Å². The maximum Gasteiger partial charge on any atom is 0.326 e. The molecule has 1 rings (SSSR count). The number of nitrogens with zero attached hydrogens (tertiary/aromatic N) is 1. The second-order valence-electron chi connectivity index (χ2n) is 3.39. The number of nitrogens with one attached hydrogen (secondary N) is 1. The Labute approximate surface area is 101 Å². The second-order valence-corrected chi connectivity index (χ2v) is 3.39. The first-order valence-corrected chi connectivity index (χ1v) is 4.79. The van der Waals surface area contributed by atoms with Gasteiger partial charge in [-0.25, -0.2) is 4.79 Å². The summed E-state index contributed by atoms with van der Waals surface area (Å²) in [5, 5.41) is 28.3. The molecule has 1 aromatic heterocycles. The Bertz CT molecular complexity index is 487. The quantitative estimate of drug-likeness (QED) is 0.553. The van der Waals surface area contributed by atoms with Crippen LogP contribution in [0.3, 0.4) is 0 Å². The van der Waals surface area contributed by atoms with Gasteiger partial charge in [-0.05, 0) is 6.07 Å². The fraction of sp³-hybridized carbons (Fsp3) is 0.200. The number of aromatic nitrogens is 1. The van der Waals surface area contributed by atoms with E-state index < -0.39 is 30.3 Å². The first kappa shape index (κ1) is 13.4. The molecule has 0 saturated carbocycles. The summed E-state index contributed by atoms with van der Waals surface area (Å²) < 4.78 is 0. The van der Waals surface area contributed by atoms with Gasteiger partial charge in [0.1, 0.15) is 11.8 Å². The van der Waals surface area contributed by atoms with Gasteiger partial charge in [-0.1, -0.05) is 0 Å². The SMILES string of the molecule is O=C(O)C[C@H](NC(=O)c1cncc(O)c1)C(=O)O. The van der Waals surface area contributed by atoms with Crippen molar-refractivity contribution in [3.8, 4) is 5.75 Å². The average molecular weight is 254 g/mol. The van der Waals surface area contributed by atoms with Crippen molar-refractivity contribution in [2.75, 3.05) is 0 Å². The lowest BCUT2D eigenvalue weighted by molar-refractivity contribution is -0.145. The second kappa shape index (κ2) is 5.62. The molecule has 0 saturated heterocycles. The molecule has 0 radical (unpaired) electrons. The predicted octanol–water partition coefficient (Wildman–Crippen LogP) is -0.555. The molecule has 8 heteroatoms. The molecule has 18 heavy (non-hydrogen) atoms. The molecule has 1 amide bonds. The molecule has 0 unspecified atom stereocenters. The molecule has 4 N–H and O–H groups in total. The molecule has 0 spiro atoms. The van der Waals surface area contributed by atoms with Crippen LogP contribution in [0.25, 0.3) is 0 Å². The van der Waals surface area contributed by atoms with Crippen LogP contribution in [0.15, 0.2) is 18.5 Å². The Hall–Kier alpha value is -2.64. The third-order valence-electron chi connectivity index (χ3n) is 1.97. The zero-order valence-corrected chi connectivity index (χ0v) is 9.03. The normalized spacial score (nSPS) is 11.6. The molecule has 0 aromatic carbocycles. The third kappa shape index (κ3) is 3.74. The summed E-state index contributed by atoms with van der Waals surface area (Å²) in [6.07, 6.45) is 1.48. The Morgan fingerprint density at radius 3 is 2.44 bits per heavy atom. The van der Waals surface area contributed by atoms with E-state index in [2.05, 4.69) is 4.98 Å². The standard InChI is InChI=1S/C10H10N2O6/c13-6-1-5(3-11-4-6)9(16)12-7(10(17)18)2-8(14)15/h1,3-4,7,13H,2H2,(H,12,16)(H,14,15)(H,17,18)/t7-/m0/s1. The zero-order valence-electron chi connectivity index (χ0n) is 9.03. The van der Waals surface area contributed by atoms with Crippen LogP contribution in [0.4, 0.5) is 0 Å². The van der Waals surface area contributed by atoms with Crippen molar-refractivity contribution < 1.29 is 29.7 Å². The van der Waals surface area contributed by atoms with Crippen LogP contribution in [0.2, 0.25) is 0 Å². The number of carboxylic acid groups (broad SMARTS) is 2. The van der Waals surface area contributed by atoms with E-state index in [0.717, 1.165) is 18.5 Å². The van der Waals surface area contributed by atoms with E-state index in [1.165, 1.54) is 0 Å². The molecule has 1 atom stereocenters. The first-order valence-electron chi connectivity index (χ1n) is 4.79. The van der Waals surface area contributed by atoms with E-state index in [1.54, 1.807) is 0 Å². The van der Waals surface area contributed by atoms with Crippen LogP contribution in [0.1, 0.15) is 16.8 Å². The number of rotatable bonds is 5. The third-order valence-corrected chi connectivity index (χ3v) is 1.97. The minimum absolute atomic E-state index is 0.0633. The van der Waals surface area contributed by atoms with Gasteiger partial charge in [0.25, 0.3) is 5.91 Å². The van der Waals surface area contributed by atoms with Gasteiger partial charge in [0.05, 0.1) is 18.2 Å². The zero-order chi connectivity index (χ0) is 13.7. The van der Waals surface area contributed by atoms with Crippen LogP contribution in [-0.2, 0) is 9.59 Å². The summed E-state index contributed by atoms with van der Waals surface area (Å²) in [5.41, 5.74) is -0.0633. The van der Waals surface area contributed by atoms with Crippen molar-refractivity contribution in [3.05, 3.63) is 24.0 Å². The molecule has 0 aliphatic rings. The first-order chi connectivity index (χ1) is 8.40. The molecular weight excluding hydrogens is 244 g/mol. The number of carboxylic acids is 2. The summed E-state index contributed by atoms with van der Waals surface area (Å²) in [6, 6.07) is -0.459. The van der Waals surface area contributed by atoms with E-state index >= 15 is 0 Å². The number of carbonyl (C=O) groups excluding carboxylic acids is 1. The highest BCUT2D eigenvalue weighted by atomic mass is 16.4. The van der Waals surface area contributed by atoms with Crippen LogP contribution < -0.4 is 5.32 Å². The number of pyridine rings is 1. The highest BCUT2D eigenvalue weighted by Crippen LogP contribution is 2.08. The smallest absolute Gasteiger partial charge is 0.326 e. The van der Waals surface area contributed by atoms with Gasteiger partial charge >= 0.3 is 11.9 Å². The van der Waals surface area contributed by atoms with Crippen LogP contribution in [0.5, 0.6) is 5.75 Å². The van der Waals surface area contributed by atoms with E-state index in [1.807, 2.05) is 5.32 Å². The van der Waals surface area contributed by atoms with E-state index in [4.69, 9.17) is 15.3 Å². The molecule has 1 aromatic rings. The highest BCUT2D eigenvalue weighted by Gasteiger charge is 2.23. The maximum absolute atomic E-state index is 11.6. The fourth-order valence-corrected chi connectivity index (χ4v) is 1.17. The maximum atomic E-state index is 11.6. The molecule has 96 valence electrons. The lowest BCUT2D eigenvalue weighted by atomic mass is 10.2. The van der Waals surface area contributed by atoms with Crippen molar-refractivity contribution in [2.45, 2.75) is 12.5 Å². The number of aliphatic carboxylic acids is 2. The van der Waals surface area contributed by atoms with Crippen molar-refractivity contribution in [1.29, 1.82) is 0 Å². The van der Waals surface area contributed by atoms with Crippen molar-refractivity contribution >= 4 is 17.8 Å². The van der Waals surface area contributed by atoms with Gasteiger partial charge in [-0.2, -0.15) is 0 Å². The molecule has 8 nitrogen and oxygen atoms in total. The topological polar surface area (TPSA) is 137 Å². The Morgan fingerprint density at radius 1 is 1.28 bits per heavy atom. The summed E-state index contributed by atoms with van der Waals surface area (Å²) in [4.78, 5) is 36.3.